The quantitative estimate of drug-likeness (QED) is 0.615. The number of amides is 1. The molecule has 0 saturated carbocycles. The molecule has 32 heavy (non-hydrogen) atoms. The zero-order valence-electron chi connectivity index (χ0n) is 19.9. The monoisotopic (exact) mass is 436 g/mol. The molecule has 1 atom stereocenters. The van der Waals surface area contributed by atoms with Crippen LogP contribution in [0.1, 0.15) is 29.3 Å². The molecule has 7 nitrogen and oxygen atoms in total. The summed E-state index contributed by atoms with van der Waals surface area (Å²) in [7, 11) is 5.38. The Morgan fingerprint density at radius 2 is 1.72 bits per heavy atom. The van der Waals surface area contributed by atoms with E-state index in [1.54, 1.807) is 16.5 Å². The number of ether oxygens (including phenoxy) is 1. The minimum atomic E-state index is -0.429. The fourth-order valence-electron chi connectivity index (χ4n) is 4.02. The summed E-state index contributed by atoms with van der Waals surface area (Å²) in [5.74, 6) is 0.664. The lowest BCUT2D eigenvalue weighted by Crippen LogP contribution is -2.40. The highest BCUT2D eigenvalue weighted by atomic mass is 16.5. The summed E-state index contributed by atoms with van der Waals surface area (Å²) >= 11 is 0. The number of hydrogen-bond acceptors (Lipinski definition) is 4. The molecule has 1 heterocycles. The molecule has 3 rings (SSSR count). The lowest BCUT2D eigenvalue weighted by atomic mass is 10.0. The number of carbonyl (C=O) groups excluding carboxylic acids is 1. The third-order valence-electron chi connectivity index (χ3n) is 6.00. The van der Waals surface area contributed by atoms with Crippen molar-refractivity contribution in [3.8, 4) is 11.4 Å². The molecule has 0 bridgehead atoms. The van der Waals surface area contributed by atoms with Crippen LogP contribution in [0, 0.1) is 20.8 Å². The van der Waals surface area contributed by atoms with Gasteiger partial charge in [-0.05, 0) is 63.6 Å². The zero-order valence-corrected chi connectivity index (χ0v) is 19.9. The van der Waals surface area contributed by atoms with Crippen LogP contribution in [0.25, 0.3) is 5.69 Å². The van der Waals surface area contributed by atoms with E-state index in [0.29, 0.717) is 17.9 Å². The van der Waals surface area contributed by atoms with Crippen LogP contribution in [0.2, 0.25) is 0 Å². The Morgan fingerprint density at radius 3 is 2.28 bits per heavy atom. The highest BCUT2D eigenvalue weighted by Crippen LogP contribution is 2.25. The Balaban J connectivity index is 1.78. The Kier molecular flexibility index (Phi) is 6.89. The summed E-state index contributed by atoms with van der Waals surface area (Å²) in [5, 5.41) is 2.86. The van der Waals surface area contributed by atoms with Crippen molar-refractivity contribution in [2.45, 2.75) is 40.3 Å². The van der Waals surface area contributed by atoms with Gasteiger partial charge in [0.05, 0.1) is 24.5 Å². The predicted octanol–water partition coefficient (Wildman–Crippen LogP) is 3.57. The minimum absolute atomic E-state index is 0.222. The third kappa shape index (κ3) is 4.48. The van der Waals surface area contributed by atoms with Gasteiger partial charge in [0.25, 0.3) is 5.56 Å². The summed E-state index contributed by atoms with van der Waals surface area (Å²) in [6.45, 7) is 8.30. The molecular formula is C25H32N4O3. The molecular weight excluding hydrogens is 404 g/mol. The van der Waals surface area contributed by atoms with Crippen molar-refractivity contribution in [1.29, 1.82) is 0 Å². The van der Waals surface area contributed by atoms with Gasteiger partial charge in [0.1, 0.15) is 11.4 Å². The van der Waals surface area contributed by atoms with E-state index in [-0.39, 0.29) is 11.5 Å². The fourth-order valence-corrected chi connectivity index (χ4v) is 4.02. The van der Waals surface area contributed by atoms with Crippen LogP contribution >= 0.6 is 0 Å². The summed E-state index contributed by atoms with van der Waals surface area (Å²) in [6.07, 6.45) is 0. The first kappa shape index (κ1) is 23.3. The van der Waals surface area contributed by atoms with Gasteiger partial charge in [-0.25, -0.2) is 4.68 Å². The first-order valence-corrected chi connectivity index (χ1v) is 10.6. The molecule has 170 valence electrons. The molecule has 7 heteroatoms. The molecule has 0 fully saturated rings. The Labute approximate surface area is 189 Å². The van der Waals surface area contributed by atoms with Crippen LogP contribution in [-0.2, 0) is 18.4 Å². The SMILES string of the molecule is COc1c(C)cc(CN(C)C(C)C(=O)Nc2c(C)n(C)n(-c3ccccc3)c2=O)cc1C. The van der Waals surface area contributed by atoms with Crippen LogP contribution < -0.4 is 15.6 Å². The van der Waals surface area contributed by atoms with Crippen LogP contribution in [0.15, 0.2) is 47.3 Å². The number of benzene rings is 2. The standard InChI is InChI=1S/C25H32N4O3/c1-16-13-20(14-17(2)23(16)32-7)15-27(5)19(4)24(30)26-22-18(3)28(6)29(25(22)31)21-11-9-8-10-12-21/h8-14,19H,15H2,1-7H3,(H,26,30). The number of aryl methyl sites for hydroxylation is 2. The molecule has 0 aliphatic heterocycles. The maximum absolute atomic E-state index is 13.1. The van der Waals surface area contributed by atoms with E-state index in [0.717, 1.165) is 28.1 Å². The smallest absolute Gasteiger partial charge is 0.295 e. The molecule has 0 saturated heterocycles. The van der Waals surface area contributed by atoms with Crippen molar-refractivity contribution in [2.75, 3.05) is 19.5 Å². The van der Waals surface area contributed by atoms with Gasteiger partial charge in [-0.2, -0.15) is 0 Å². The van der Waals surface area contributed by atoms with Crippen LogP contribution in [-0.4, -0.2) is 40.4 Å². The number of nitrogens with one attached hydrogen (secondary N) is 1. The van der Waals surface area contributed by atoms with Gasteiger partial charge in [-0.1, -0.05) is 30.3 Å². The van der Waals surface area contributed by atoms with Crippen molar-refractivity contribution >= 4 is 11.6 Å². The largest absolute Gasteiger partial charge is 0.496 e. The normalized spacial score (nSPS) is 12.1. The van der Waals surface area contributed by atoms with Gasteiger partial charge in [0.2, 0.25) is 5.91 Å². The van der Waals surface area contributed by atoms with Crippen LogP contribution in [0.3, 0.4) is 0 Å². The molecule has 1 amide bonds. The summed E-state index contributed by atoms with van der Waals surface area (Å²) < 4.78 is 8.75. The lowest BCUT2D eigenvalue weighted by molar-refractivity contribution is -0.120. The number of hydrogen-bond donors (Lipinski definition) is 1. The van der Waals surface area contributed by atoms with Crippen molar-refractivity contribution in [1.82, 2.24) is 14.3 Å². The van der Waals surface area contributed by atoms with Gasteiger partial charge < -0.3 is 10.1 Å². The van der Waals surface area contributed by atoms with E-state index in [1.807, 2.05) is 77.0 Å². The second kappa shape index (κ2) is 9.44. The maximum atomic E-state index is 13.1. The number of methoxy groups -OCH3 is 1. The maximum Gasteiger partial charge on any atom is 0.295 e. The molecule has 0 aliphatic rings. The highest BCUT2D eigenvalue weighted by Gasteiger charge is 2.23. The highest BCUT2D eigenvalue weighted by molar-refractivity contribution is 5.94. The number of para-hydroxylation sites is 1. The lowest BCUT2D eigenvalue weighted by Gasteiger charge is -2.24. The number of likely N-dealkylation sites (N-methyl/N-ethyl adjacent to an activating group) is 1. The molecule has 1 aromatic heterocycles. The Hall–Kier alpha value is -3.32. The van der Waals surface area contributed by atoms with Gasteiger partial charge in [0, 0.05) is 13.6 Å². The zero-order chi connectivity index (χ0) is 23.6. The van der Waals surface area contributed by atoms with Crippen LogP contribution in [0.4, 0.5) is 5.69 Å². The fraction of sp³-hybridized carbons (Fsp3) is 0.360. The average molecular weight is 437 g/mol. The molecule has 1 unspecified atom stereocenters. The van der Waals surface area contributed by atoms with Crippen molar-refractivity contribution in [2.24, 2.45) is 7.05 Å². The van der Waals surface area contributed by atoms with E-state index < -0.39 is 6.04 Å². The number of rotatable bonds is 7. The van der Waals surface area contributed by atoms with E-state index >= 15 is 0 Å². The minimum Gasteiger partial charge on any atom is -0.496 e. The molecule has 0 radical (unpaired) electrons. The van der Waals surface area contributed by atoms with Gasteiger partial charge in [0.15, 0.2) is 0 Å². The summed E-state index contributed by atoms with van der Waals surface area (Å²) in [6, 6.07) is 13.1. The van der Waals surface area contributed by atoms with Crippen molar-refractivity contribution < 1.29 is 9.53 Å². The van der Waals surface area contributed by atoms with Crippen molar-refractivity contribution in [3.05, 3.63) is 75.2 Å². The molecule has 0 spiro atoms. The van der Waals surface area contributed by atoms with E-state index in [9.17, 15) is 9.59 Å². The summed E-state index contributed by atoms with van der Waals surface area (Å²) in [4.78, 5) is 28.0. The molecule has 1 N–H and O–H groups in total. The third-order valence-corrected chi connectivity index (χ3v) is 6.00. The van der Waals surface area contributed by atoms with E-state index in [4.69, 9.17) is 4.74 Å². The first-order chi connectivity index (χ1) is 15.1. The molecule has 0 aliphatic carbocycles. The van der Waals surface area contributed by atoms with Crippen LogP contribution in [0.5, 0.6) is 5.75 Å². The number of carbonyl (C=O) groups is 1. The van der Waals surface area contributed by atoms with Gasteiger partial charge >= 0.3 is 0 Å². The first-order valence-electron chi connectivity index (χ1n) is 10.6. The van der Waals surface area contributed by atoms with E-state index in [2.05, 4.69) is 17.4 Å². The molecule has 2 aromatic carbocycles. The van der Waals surface area contributed by atoms with Crippen molar-refractivity contribution in [3.63, 3.8) is 0 Å². The summed E-state index contributed by atoms with van der Waals surface area (Å²) in [5.41, 5.74) is 4.73. The van der Waals surface area contributed by atoms with Gasteiger partial charge in [-0.15, -0.1) is 0 Å². The second-order valence-corrected chi connectivity index (χ2v) is 8.28. The average Bonchev–Trinajstić information content (AvgIpc) is 2.96. The topological polar surface area (TPSA) is 68.5 Å². The van der Waals surface area contributed by atoms with E-state index in [1.165, 1.54) is 0 Å². The van der Waals surface area contributed by atoms with Gasteiger partial charge in [-0.3, -0.25) is 19.2 Å². The second-order valence-electron chi connectivity index (χ2n) is 8.28. The Morgan fingerprint density at radius 1 is 1.12 bits per heavy atom. The predicted molar refractivity (Wildman–Crippen MR) is 128 cm³/mol. The Bertz CT molecular complexity index is 1150. The number of aromatic nitrogens is 2. The molecule has 3 aromatic rings. The number of anilines is 1. The number of nitrogens with zero attached hydrogens (tertiary/aromatic N) is 3.